The van der Waals surface area contributed by atoms with E-state index < -0.39 is 9.84 Å². The molecule has 1 fully saturated rings. The number of benzene rings is 1. The number of piperidine rings is 1. The zero-order valence-corrected chi connectivity index (χ0v) is 18.5. The van der Waals surface area contributed by atoms with Gasteiger partial charge in [-0.1, -0.05) is 31.5 Å². The first-order valence-electron chi connectivity index (χ1n) is 10.3. The maximum Gasteiger partial charge on any atom is 0.220 e. The van der Waals surface area contributed by atoms with Crippen LogP contribution in [0.25, 0.3) is 0 Å². The molecule has 1 aromatic carbocycles. The van der Waals surface area contributed by atoms with Crippen LogP contribution in [0.4, 0.5) is 0 Å². The second-order valence-corrected chi connectivity index (χ2v) is 10.4. The van der Waals surface area contributed by atoms with E-state index >= 15 is 0 Å². The highest BCUT2D eigenvalue weighted by Crippen LogP contribution is 2.31. The number of amides is 1. The number of aromatic nitrogens is 4. The Kier molecular flexibility index (Phi) is 6.87. The highest BCUT2D eigenvalue weighted by Gasteiger charge is 2.32. The summed E-state index contributed by atoms with van der Waals surface area (Å²) in [5.74, 6) is 0.215. The summed E-state index contributed by atoms with van der Waals surface area (Å²) in [6.07, 6.45) is 2.16. The van der Waals surface area contributed by atoms with Gasteiger partial charge in [-0.25, -0.2) is 13.1 Å². The lowest BCUT2D eigenvalue weighted by Gasteiger charge is -2.36. The second kappa shape index (κ2) is 9.22. The molecule has 2 heterocycles. The highest BCUT2D eigenvalue weighted by molar-refractivity contribution is 7.90. The van der Waals surface area contributed by atoms with Crippen molar-refractivity contribution >= 4 is 15.7 Å². The molecule has 164 valence electrons. The van der Waals surface area contributed by atoms with E-state index in [2.05, 4.69) is 34.3 Å². The van der Waals surface area contributed by atoms with Gasteiger partial charge >= 0.3 is 0 Å². The number of aryl methyl sites for hydroxylation is 1. The van der Waals surface area contributed by atoms with E-state index in [1.165, 1.54) is 4.68 Å². The summed E-state index contributed by atoms with van der Waals surface area (Å²) < 4.78 is 27.2. The normalized spacial score (nSPS) is 17.3. The number of rotatable bonds is 8. The van der Waals surface area contributed by atoms with Crippen molar-refractivity contribution in [2.24, 2.45) is 17.6 Å². The molecule has 2 aromatic rings. The third-order valence-electron chi connectivity index (χ3n) is 5.60. The summed E-state index contributed by atoms with van der Waals surface area (Å²) in [6, 6.07) is 6.64. The van der Waals surface area contributed by atoms with Crippen LogP contribution in [0.1, 0.15) is 50.5 Å². The molecule has 1 amide bonds. The number of hydrogen-bond acceptors (Lipinski definition) is 7. The maximum absolute atomic E-state index is 12.9. The molecular weight excluding hydrogens is 404 g/mol. The van der Waals surface area contributed by atoms with Crippen LogP contribution in [0.3, 0.4) is 0 Å². The average Bonchev–Trinajstić information content (AvgIpc) is 3.13. The van der Waals surface area contributed by atoms with Crippen molar-refractivity contribution in [3.05, 3.63) is 35.7 Å². The number of nitrogens with zero attached hydrogens (tertiary/aromatic N) is 5. The molecule has 1 saturated heterocycles. The van der Waals surface area contributed by atoms with Gasteiger partial charge < -0.3 is 5.73 Å². The van der Waals surface area contributed by atoms with Crippen molar-refractivity contribution in [3.8, 4) is 0 Å². The lowest BCUT2D eigenvalue weighted by atomic mass is 9.93. The fourth-order valence-corrected chi connectivity index (χ4v) is 5.09. The van der Waals surface area contributed by atoms with E-state index in [4.69, 9.17) is 5.73 Å². The average molecular weight is 435 g/mol. The van der Waals surface area contributed by atoms with Crippen LogP contribution in [0.2, 0.25) is 0 Å². The van der Waals surface area contributed by atoms with Crippen molar-refractivity contribution < 1.29 is 13.2 Å². The van der Waals surface area contributed by atoms with E-state index in [0.29, 0.717) is 37.7 Å². The molecule has 9 nitrogen and oxygen atoms in total. The first-order valence-corrected chi connectivity index (χ1v) is 11.9. The Morgan fingerprint density at radius 2 is 1.83 bits per heavy atom. The second-order valence-electron chi connectivity index (χ2n) is 8.45. The first-order chi connectivity index (χ1) is 14.2. The van der Waals surface area contributed by atoms with Gasteiger partial charge in [0.1, 0.15) is 0 Å². The Morgan fingerprint density at radius 3 is 2.40 bits per heavy atom. The number of sulfone groups is 1. The molecule has 0 radical (unpaired) electrons. The number of hydrogen-bond donors (Lipinski definition) is 1. The van der Waals surface area contributed by atoms with Crippen molar-refractivity contribution in [1.29, 1.82) is 0 Å². The third-order valence-corrected chi connectivity index (χ3v) is 7.17. The van der Waals surface area contributed by atoms with Gasteiger partial charge in [-0.05, 0) is 67.8 Å². The topological polar surface area (TPSA) is 124 Å². The monoisotopic (exact) mass is 434 g/mol. The van der Waals surface area contributed by atoms with Crippen molar-refractivity contribution in [2.45, 2.75) is 56.8 Å². The predicted molar refractivity (Wildman–Crippen MR) is 112 cm³/mol. The summed E-state index contributed by atoms with van der Waals surface area (Å²) in [5.41, 5.74) is 6.46. The quantitative estimate of drug-likeness (QED) is 0.670. The lowest BCUT2D eigenvalue weighted by Crippen LogP contribution is -2.41. The molecule has 0 bridgehead atoms. The summed E-state index contributed by atoms with van der Waals surface area (Å²) in [4.78, 5) is 14.0. The van der Waals surface area contributed by atoms with E-state index in [0.717, 1.165) is 12.0 Å². The molecule has 2 N–H and O–H groups in total. The Hall–Kier alpha value is -2.33. The van der Waals surface area contributed by atoms with Gasteiger partial charge in [0.25, 0.3) is 0 Å². The first kappa shape index (κ1) is 22.4. The summed E-state index contributed by atoms with van der Waals surface area (Å²) in [5, 5.41) is 12.0. The van der Waals surface area contributed by atoms with Gasteiger partial charge in [0, 0.05) is 5.92 Å². The van der Waals surface area contributed by atoms with Crippen molar-refractivity contribution in [2.75, 3.05) is 13.1 Å². The molecule has 1 aliphatic rings. The maximum atomic E-state index is 12.9. The minimum absolute atomic E-state index is 0.112. The largest absolute Gasteiger partial charge is 0.369 e. The van der Waals surface area contributed by atoms with E-state index in [9.17, 15) is 13.2 Å². The highest BCUT2D eigenvalue weighted by atomic mass is 32.2. The molecule has 1 atom stereocenters. The number of carbonyl (C=O) groups is 1. The Labute approximate surface area is 177 Å². The van der Waals surface area contributed by atoms with Crippen molar-refractivity contribution in [1.82, 2.24) is 25.1 Å². The van der Waals surface area contributed by atoms with Gasteiger partial charge in [0.15, 0.2) is 21.5 Å². The van der Waals surface area contributed by atoms with Crippen LogP contribution in [0, 0.1) is 18.8 Å². The predicted octanol–water partition coefficient (Wildman–Crippen LogP) is 1.70. The number of likely N-dealkylation sites (tertiary alicyclic amines) is 1. The van der Waals surface area contributed by atoms with E-state index in [1.807, 2.05) is 6.92 Å². The third kappa shape index (κ3) is 5.23. The Balaban J connectivity index is 1.84. The fourth-order valence-electron chi connectivity index (χ4n) is 3.88. The molecular formula is C20H30N6O3S. The van der Waals surface area contributed by atoms with Gasteiger partial charge in [0.2, 0.25) is 5.91 Å². The molecule has 1 aromatic heterocycles. The number of nitrogens with two attached hydrogens (primary N) is 1. The van der Waals surface area contributed by atoms with Crippen molar-refractivity contribution in [3.63, 3.8) is 0 Å². The van der Waals surface area contributed by atoms with Gasteiger partial charge in [-0.2, -0.15) is 0 Å². The molecule has 0 aliphatic carbocycles. The van der Waals surface area contributed by atoms with Crippen LogP contribution in [-0.2, 0) is 20.5 Å². The number of primary amides is 1. The van der Waals surface area contributed by atoms with Crippen LogP contribution in [-0.4, -0.2) is 52.5 Å². The fraction of sp³-hybridized carbons (Fsp3) is 0.600. The van der Waals surface area contributed by atoms with E-state index in [1.54, 1.807) is 24.3 Å². The lowest BCUT2D eigenvalue weighted by molar-refractivity contribution is -0.123. The molecule has 1 aliphatic heterocycles. The van der Waals surface area contributed by atoms with Crippen LogP contribution in [0.5, 0.6) is 0 Å². The molecule has 30 heavy (non-hydrogen) atoms. The summed E-state index contributed by atoms with van der Waals surface area (Å²) in [7, 11) is -3.59. The zero-order valence-electron chi connectivity index (χ0n) is 17.7. The minimum atomic E-state index is -3.59. The molecule has 10 heteroatoms. The molecule has 3 rings (SSSR count). The molecule has 0 spiro atoms. The summed E-state index contributed by atoms with van der Waals surface area (Å²) in [6.45, 7) is 7.53. The van der Waals surface area contributed by atoms with Gasteiger partial charge in [-0.3, -0.25) is 9.69 Å². The Bertz CT molecular complexity index is 963. The Morgan fingerprint density at radius 1 is 1.20 bits per heavy atom. The smallest absolute Gasteiger partial charge is 0.220 e. The summed E-state index contributed by atoms with van der Waals surface area (Å²) >= 11 is 0. The van der Waals surface area contributed by atoms with Crippen LogP contribution < -0.4 is 5.73 Å². The number of tetrazole rings is 1. The van der Waals surface area contributed by atoms with Crippen LogP contribution in [0.15, 0.2) is 29.2 Å². The minimum Gasteiger partial charge on any atom is -0.369 e. The van der Waals surface area contributed by atoms with Crippen LogP contribution >= 0.6 is 0 Å². The molecule has 0 saturated carbocycles. The standard InChI is InChI=1S/C20H30N6O3S/c1-14(2)12-18(25-10-8-16(9-11-25)19(21)27)20-22-23-24-26(20)13-30(28,29)17-6-4-15(3)5-7-17/h4-7,14,16,18H,8-13H2,1-3H3,(H2,21,27)/t18-/m0/s1. The van der Waals surface area contributed by atoms with Gasteiger partial charge in [0.05, 0.1) is 10.9 Å². The number of carbonyl (C=O) groups excluding carboxylic acids is 1. The van der Waals surface area contributed by atoms with E-state index in [-0.39, 0.29) is 28.6 Å². The van der Waals surface area contributed by atoms with Gasteiger partial charge in [-0.15, -0.1) is 5.10 Å². The SMILES string of the molecule is Cc1ccc(S(=O)(=O)Cn2nnnc2[C@H](CC(C)C)N2CCC(C(N)=O)CC2)cc1. The zero-order chi connectivity index (χ0) is 21.9. The molecule has 0 unspecified atom stereocenters.